The molecule has 58 valence electrons. The molecule has 0 spiro atoms. The third-order valence-electron chi connectivity index (χ3n) is 2.25. The zero-order chi connectivity index (χ0) is 7.78. The quantitative estimate of drug-likeness (QED) is 0.530. The molecule has 1 unspecified atom stereocenters. The molecule has 0 radical (unpaired) electrons. The summed E-state index contributed by atoms with van der Waals surface area (Å²) in [4.78, 5) is 10.6. The van der Waals surface area contributed by atoms with E-state index >= 15 is 0 Å². The Hall–Kier alpha value is -0.570. The number of β-lactam (4-membered cyclic amide) rings is 1. The molecule has 1 aliphatic rings. The van der Waals surface area contributed by atoms with Crippen molar-refractivity contribution >= 4 is 5.91 Å². The van der Waals surface area contributed by atoms with Gasteiger partial charge in [-0.25, -0.2) is 0 Å². The van der Waals surface area contributed by atoms with Gasteiger partial charge < -0.3 is 10.4 Å². The summed E-state index contributed by atoms with van der Waals surface area (Å²) >= 11 is 0. The first-order chi connectivity index (χ1) is 4.60. The van der Waals surface area contributed by atoms with E-state index in [2.05, 4.69) is 5.32 Å². The lowest BCUT2D eigenvalue weighted by molar-refractivity contribution is -0.137. The Morgan fingerprint density at radius 2 is 2.30 bits per heavy atom. The van der Waals surface area contributed by atoms with E-state index in [1.807, 2.05) is 13.8 Å². The summed E-state index contributed by atoms with van der Waals surface area (Å²) in [6.45, 7) is 4.04. The highest BCUT2D eigenvalue weighted by molar-refractivity contribution is 5.84. The third-order valence-corrected chi connectivity index (χ3v) is 2.25. The first kappa shape index (κ1) is 7.54. The van der Waals surface area contributed by atoms with Crippen LogP contribution in [0.2, 0.25) is 0 Å². The fraction of sp³-hybridized carbons (Fsp3) is 0.857. The molecule has 2 N–H and O–H groups in total. The molecular formula is C7H13NO2. The summed E-state index contributed by atoms with van der Waals surface area (Å²) in [6.07, 6.45) is 0.473. The average Bonchev–Trinajstić information content (AvgIpc) is 1.79. The molecule has 1 heterocycles. The Balaban J connectivity index is 2.56. The Kier molecular flexibility index (Phi) is 1.68. The molecule has 3 heteroatoms. The summed E-state index contributed by atoms with van der Waals surface area (Å²) in [7, 11) is 0. The Bertz CT molecular complexity index is 146. The van der Waals surface area contributed by atoms with Crippen molar-refractivity contribution in [2.75, 3.05) is 6.61 Å². The minimum Gasteiger partial charge on any atom is -0.394 e. The van der Waals surface area contributed by atoms with Crippen LogP contribution in [0.25, 0.3) is 0 Å². The number of aliphatic hydroxyl groups excluding tert-OH is 1. The summed E-state index contributed by atoms with van der Waals surface area (Å²) in [5.74, 6) is 0.359. The number of rotatable bonds is 2. The van der Waals surface area contributed by atoms with Crippen LogP contribution in [0.15, 0.2) is 0 Å². The molecule has 0 aromatic carbocycles. The number of carbonyl (C=O) groups excluding carboxylic acids is 1. The van der Waals surface area contributed by atoms with E-state index in [0.29, 0.717) is 12.3 Å². The van der Waals surface area contributed by atoms with Gasteiger partial charge in [0.1, 0.15) is 0 Å². The van der Waals surface area contributed by atoms with Crippen LogP contribution in [0.1, 0.15) is 20.3 Å². The molecule has 0 aliphatic carbocycles. The van der Waals surface area contributed by atoms with E-state index in [4.69, 9.17) is 5.11 Å². The van der Waals surface area contributed by atoms with E-state index in [-0.39, 0.29) is 18.1 Å². The van der Waals surface area contributed by atoms with Crippen molar-refractivity contribution in [1.82, 2.24) is 5.32 Å². The SMILES string of the molecule is CC(C)C1(CO)CC(=O)N1. The largest absolute Gasteiger partial charge is 0.394 e. The van der Waals surface area contributed by atoms with Crippen LogP contribution >= 0.6 is 0 Å². The molecule has 0 aromatic heterocycles. The Labute approximate surface area is 60.4 Å². The van der Waals surface area contributed by atoms with E-state index in [1.54, 1.807) is 0 Å². The number of carbonyl (C=O) groups is 1. The van der Waals surface area contributed by atoms with Crippen molar-refractivity contribution in [2.45, 2.75) is 25.8 Å². The zero-order valence-electron chi connectivity index (χ0n) is 6.35. The first-order valence-corrected chi connectivity index (χ1v) is 3.52. The third kappa shape index (κ3) is 0.904. The predicted molar refractivity (Wildman–Crippen MR) is 37.4 cm³/mol. The van der Waals surface area contributed by atoms with Gasteiger partial charge in [0, 0.05) is 0 Å². The maximum Gasteiger partial charge on any atom is 0.222 e. The van der Waals surface area contributed by atoms with E-state index in [0.717, 1.165) is 0 Å². The van der Waals surface area contributed by atoms with Crippen LogP contribution in [-0.4, -0.2) is 23.2 Å². The van der Waals surface area contributed by atoms with Crippen LogP contribution in [0, 0.1) is 5.92 Å². The normalized spacial score (nSPS) is 31.8. The van der Waals surface area contributed by atoms with E-state index in [9.17, 15) is 4.79 Å². The van der Waals surface area contributed by atoms with Crippen molar-refractivity contribution in [3.8, 4) is 0 Å². The summed E-state index contributed by atoms with van der Waals surface area (Å²) in [5.41, 5.74) is -0.308. The van der Waals surface area contributed by atoms with Crippen LogP contribution < -0.4 is 5.32 Å². The van der Waals surface area contributed by atoms with Gasteiger partial charge in [-0.2, -0.15) is 0 Å². The van der Waals surface area contributed by atoms with Gasteiger partial charge in [0.05, 0.1) is 18.6 Å². The number of nitrogens with one attached hydrogen (secondary N) is 1. The van der Waals surface area contributed by atoms with Crippen molar-refractivity contribution in [3.63, 3.8) is 0 Å². The van der Waals surface area contributed by atoms with Gasteiger partial charge in [-0.1, -0.05) is 13.8 Å². The van der Waals surface area contributed by atoms with Crippen LogP contribution in [0.3, 0.4) is 0 Å². The molecule has 0 aromatic rings. The molecule has 1 atom stereocenters. The Morgan fingerprint density at radius 1 is 1.80 bits per heavy atom. The van der Waals surface area contributed by atoms with Gasteiger partial charge >= 0.3 is 0 Å². The number of aliphatic hydroxyl groups is 1. The highest BCUT2D eigenvalue weighted by Crippen LogP contribution is 2.27. The second-order valence-corrected chi connectivity index (χ2v) is 3.19. The van der Waals surface area contributed by atoms with Crippen molar-refractivity contribution in [3.05, 3.63) is 0 Å². The standard InChI is InChI=1S/C7H13NO2/c1-5(2)7(4-9)3-6(10)8-7/h5,9H,3-4H2,1-2H3,(H,8,10). The molecule has 0 bridgehead atoms. The second-order valence-electron chi connectivity index (χ2n) is 3.19. The second kappa shape index (κ2) is 2.23. The molecule has 0 saturated carbocycles. The molecular weight excluding hydrogens is 130 g/mol. The lowest BCUT2D eigenvalue weighted by atomic mass is 9.78. The first-order valence-electron chi connectivity index (χ1n) is 3.52. The fourth-order valence-corrected chi connectivity index (χ4v) is 1.17. The van der Waals surface area contributed by atoms with Crippen molar-refractivity contribution in [1.29, 1.82) is 0 Å². The summed E-state index contributed by atoms with van der Waals surface area (Å²) in [5, 5.41) is 11.6. The fourth-order valence-electron chi connectivity index (χ4n) is 1.17. The zero-order valence-corrected chi connectivity index (χ0v) is 6.35. The molecule has 10 heavy (non-hydrogen) atoms. The molecule has 3 nitrogen and oxygen atoms in total. The summed E-state index contributed by atoms with van der Waals surface area (Å²) in [6, 6.07) is 0. The Morgan fingerprint density at radius 3 is 2.40 bits per heavy atom. The van der Waals surface area contributed by atoms with Crippen molar-refractivity contribution in [2.24, 2.45) is 5.92 Å². The van der Waals surface area contributed by atoms with Gasteiger partial charge in [-0.15, -0.1) is 0 Å². The summed E-state index contributed by atoms with van der Waals surface area (Å²) < 4.78 is 0. The van der Waals surface area contributed by atoms with Crippen LogP contribution in [0.5, 0.6) is 0 Å². The number of hydrogen-bond acceptors (Lipinski definition) is 2. The van der Waals surface area contributed by atoms with Crippen LogP contribution in [-0.2, 0) is 4.79 Å². The highest BCUT2D eigenvalue weighted by atomic mass is 16.3. The molecule has 1 rings (SSSR count). The smallest absolute Gasteiger partial charge is 0.222 e. The van der Waals surface area contributed by atoms with Crippen molar-refractivity contribution < 1.29 is 9.90 Å². The molecule has 1 aliphatic heterocycles. The van der Waals surface area contributed by atoms with Gasteiger partial charge in [-0.05, 0) is 5.92 Å². The lowest BCUT2D eigenvalue weighted by Crippen LogP contribution is -2.66. The number of amides is 1. The van der Waals surface area contributed by atoms with E-state index < -0.39 is 0 Å². The predicted octanol–water partition coefficient (Wildman–Crippen LogP) is -0.107. The van der Waals surface area contributed by atoms with Crippen LogP contribution in [0.4, 0.5) is 0 Å². The molecule has 1 amide bonds. The topological polar surface area (TPSA) is 49.3 Å². The highest BCUT2D eigenvalue weighted by Gasteiger charge is 2.44. The minimum atomic E-state index is -0.308. The molecule has 1 fully saturated rings. The van der Waals surface area contributed by atoms with Gasteiger partial charge in [0.15, 0.2) is 0 Å². The number of hydrogen-bond donors (Lipinski definition) is 2. The lowest BCUT2D eigenvalue weighted by Gasteiger charge is -2.44. The van der Waals surface area contributed by atoms with E-state index in [1.165, 1.54) is 0 Å². The average molecular weight is 143 g/mol. The van der Waals surface area contributed by atoms with Gasteiger partial charge in [0.2, 0.25) is 5.91 Å². The maximum atomic E-state index is 10.6. The van der Waals surface area contributed by atoms with Gasteiger partial charge in [-0.3, -0.25) is 4.79 Å². The molecule has 1 saturated heterocycles. The minimum absolute atomic E-state index is 0.0442. The maximum absolute atomic E-state index is 10.6. The van der Waals surface area contributed by atoms with Gasteiger partial charge in [0.25, 0.3) is 0 Å². The monoisotopic (exact) mass is 143 g/mol.